The summed E-state index contributed by atoms with van der Waals surface area (Å²) in [6, 6.07) is 2.17. The zero-order chi connectivity index (χ0) is 13.1. The van der Waals surface area contributed by atoms with Crippen molar-refractivity contribution in [1.82, 2.24) is 10.3 Å². The van der Waals surface area contributed by atoms with E-state index in [2.05, 4.69) is 51.0 Å². The molecule has 1 saturated heterocycles. The second kappa shape index (κ2) is 6.02. The molecule has 1 aromatic rings. The molecule has 1 unspecified atom stereocenters. The average Bonchev–Trinajstić information content (AvgIpc) is 2.79. The first-order valence-corrected chi connectivity index (χ1v) is 7.45. The van der Waals surface area contributed by atoms with E-state index in [4.69, 9.17) is 0 Å². The lowest BCUT2D eigenvalue weighted by Crippen LogP contribution is -2.24. The molecule has 1 aliphatic rings. The van der Waals surface area contributed by atoms with Crippen molar-refractivity contribution in [2.45, 2.75) is 26.8 Å². The van der Waals surface area contributed by atoms with Gasteiger partial charge in [-0.1, -0.05) is 13.8 Å². The van der Waals surface area contributed by atoms with E-state index in [1.165, 1.54) is 12.0 Å². The van der Waals surface area contributed by atoms with Crippen molar-refractivity contribution >= 4 is 21.7 Å². The molecule has 0 saturated carbocycles. The molecule has 0 radical (unpaired) electrons. The van der Waals surface area contributed by atoms with Gasteiger partial charge in [0, 0.05) is 35.9 Å². The minimum atomic E-state index is 0.762. The normalized spacial score (nSPS) is 19.8. The Balaban J connectivity index is 2.18. The minimum absolute atomic E-state index is 0.762. The van der Waals surface area contributed by atoms with E-state index in [1.54, 1.807) is 0 Å². The van der Waals surface area contributed by atoms with Crippen LogP contribution in [0.2, 0.25) is 0 Å². The molecule has 2 rings (SSSR count). The van der Waals surface area contributed by atoms with Gasteiger partial charge in [0.2, 0.25) is 0 Å². The molecule has 0 amide bonds. The van der Waals surface area contributed by atoms with Gasteiger partial charge in [0.1, 0.15) is 5.82 Å². The molecule has 100 valence electrons. The Hall–Kier alpha value is -0.610. The molecular formula is C14H22BrN3. The molecule has 0 aliphatic carbocycles. The van der Waals surface area contributed by atoms with Crippen LogP contribution in [-0.2, 0) is 6.54 Å². The van der Waals surface area contributed by atoms with Gasteiger partial charge in [-0.05, 0) is 47.3 Å². The third-order valence-corrected chi connectivity index (χ3v) is 4.18. The number of rotatable bonds is 4. The summed E-state index contributed by atoms with van der Waals surface area (Å²) in [7, 11) is 1.98. The van der Waals surface area contributed by atoms with Gasteiger partial charge in [-0.25, -0.2) is 4.98 Å². The number of anilines is 1. The molecule has 0 aromatic carbocycles. The van der Waals surface area contributed by atoms with Crippen LogP contribution < -0.4 is 10.2 Å². The first kappa shape index (κ1) is 13.8. The minimum Gasteiger partial charge on any atom is -0.356 e. The van der Waals surface area contributed by atoms with E-state index in [-0.39, 0.29) is 0 Å². The highest BCUT2D eigenvalue weighted by molar-refractivity contribution is 9.10. The lowest BCUT2D eigenvalue weighted by Gasteiger charge is -2.22. The van der Waals surface area contributed by atoms with E-state index in [9.17, 15) is 0 Å². The first-order valence-electron chi connectivity index (χ1n) is 6.65. The molecule has 0 bridgehead atoms. The van der Waals surface area contributed by atoms with Crippen LogP contribution in [0, 0.1) is 11.8 Å². The van der Waals surface area contributed by atoms with Gasteiger partial charge in [0.15, 0.2) is 0 Å². The Bertz CT molecular complexity index is 406. The summed E-state index contributed by atoms with van der Waals surface area (Å²) in [5, 5.41) is 3.22. The molecule has 2 heterocycles. The fourth-order valence-electron chi connectivity index (χ4n) is 2.60. The zero-order valence-electron chi connectivity index (χ0n) is 11.4. The lowest BCUT2D eigenvalue weighted by molar-refractivity contribution is 0.422. The summed E-state index contributed by atoms with van der Waals surface area (Å²) < 4.78 is 1.05. The fourth-order valence-corrected chi connectivity index (χ4v) is 2.98. The van der Waals surface area contributed by atoms with Gasteiger partial charge in [0.05, 0.1) is 0 Å². The van der Waals surface area contributed by atoms with E-state index in [0.29, 0.717) is 0 Å². The van der Waals surface area contributed by atoms with Crippen molar-refractivity contribution in [1.29, 1.82) is 0 Å². The zero-order valence-corrected chi connectivity index (χ0v) is 13.0. The molecule has 0 spiro atoms. The van der Waals surface area contributed by atoms with Gasteiger partial charge >= 0.3 is 0 Å². The van der Waals surface area contributed by atoms with Crippen LogP contribution in [-0.4, -0.2) is 25.1 Å². The quantitative estimate of drug-likeness (QED) is 0.926. The number of hydrogen-bond donors (Lipinski definition) is 1. The second-order valence-electron chi connectivity index (χ2n) is 5.41. The highest BCUT2D eigenvalue weighted by Crippen LogP contribution is 2.30. The summed E-state index contributed by atoms with van der Waals surface area (Å²) >= 11 is 3.50. The Labute approximate surface area is 118 Å². The molecule has 4 heteroatoms. The predicted molar refractivity (Wildman–Crippen MR) is 79.9 cm³/mol. The van der Waals surface area contributed by atoms with E-state index < -0.39 is 0 Å². The van der Waals surface area contributed by atoms with Crippen molar-refractivity contribution in [3.8, 4) is 0 Å². The molecule has 1 aliphatic heterocycles. The maximum absolute atomic E-state index is 4.61. The van der Waals surface area contributed by atoms with Crippen molar-refractivity contribution in [3.05, 3.63) is 22.3 Å². The molecule has 1 fully saturated rings. The topological polar surface area (TPSA) is 28.2 Å². The number of nitrogens with zero attached hydrogens (tertiary/aromatic N) is 2. The third kappa shape index (κ3) is 3.04. The Morgan fingerprint density at radius 2 is 2.33 bits per heavy atom. The predicted octanol–water partition coefficient (Wildman–Crippen LogP) is 3.05. The van der Waals surface area contributed by atoms with Crippen LogP contribution in [0.15, 0.2) is 16.7 Å². The monoisotopic (exact) mass is 311 g/mol. The number of pyridine rings is 1. The Morgan fingerprint density at radius 1 is 1.56 bits per heavy atom. The van der Waals surface area contributed by atoms with Gasteiger partial charge < -0.3 is 10.2 Å². The van der Waals surface area contributed by atoms with Crippen LogP contribution >= 0.6 is 15.9 Å². The van der Waals surface area contributed by atoms with Gasteiger partial charge in [-0.15, -0.1) is 0 Å². The average molecular weight is 312 g/mol. The molecule has 1 N–H and O–H groups in total. The van der Waals surface area contributed by atoms with Crippen LogP contribution in [0.1, 0.15) is 25.8 Å². The highest BCUT2D eigenvalue weighted by atomic mass is 79.9. The third-order valence-electron chi connectivity index (χ3n) is 3.74. The van der Waals surface area contributed by atoms with Crippen LogP contribution in [0.4, 0.5) is 5.82 Å². The number of aromatic nitrogens is 1. The molecule has 1 atom stereocenters. The number of nitrogens with one attached hydrogen (secondary N) is 1. The molecule has 18 heavy (non-hydrogen) atoms. The van der Waals surface area contributed by atoms with Gasteiger partial charge in [0.25, 0.3) is 0 Å². The van der Waals surface area contributed by atoms with Crippen LogP contribution in [0.3, 0.4) is 0 Å². The number of hydrogen-bond acceptors (Lipinski definition) is 3. The summed E-state index contributed by atoms with van der Waals surface area (Å²) in [5.41, 5.74) is 1.27. The summed E-state index contributed by atoms with van der Waals surface area (Å²) in [4.78, 5) is 7.05. The van der Waals surface area contributed by atoms with Gasteiger partial charge in [-0.2, -0.15) is 0 Å². The van der Waals surface area contributed by atoms with Crippen molar-refractivity contribution in [2.24, 2.45) is 11.8 Å². The smallest absolute Gasteiger partial charge is 0.133 e. The maximum atomic E-state index is 4.61. The van der Waals surface area contributed by atoms with E-state index in [1.807, 2.05) is 13.2 Å². The Kier molecular flexibility index (Phi) is 4.62. The van der Waals surface area contributed by atoms with Crippen molar-refractivity contribution in [3.63, 3.8) is 0 Å². The standard InChI is InChI=1S/C14H22BrN3/c1-10(2)11-4-5-18(9-11)14-12(7-16-3)6-13(15)8-17-14/h6,8,10-11,16H,4-5,7,9H2,1-3H3. The molecule has 1 aromatic heterocycles. The lowest BCUT2D eigenvalue weighted by atomic mass is 9.95. The largest absolute Gasteiger partial charge is 0.356 e. The fraction of sp³-hybridized carbons (Fsp3) is 0.643. The van der Waals surface area contributed by atoms with Crippen LogP contribution in [0.25, 0.3) is 0 Å². The summed E-state index contributed by atoms with van der Waals surface area (Å²) in [6.07, 6.45) is 3.19. The SMILES string of the molecule is CNCc1cc(Br)cnc1N1CCC(C(C)C)C1. The highest BCUT2D eigenvalue weighted by Gasteiger charge is 2.26. The number of halogens is 1. The molecular weight excluding hydrogens is 290 g/mol. The second-order valence-corrected chi connectivity index (χ2v) is 6.32. The first-order chi connectivity index (χ1) is 8.61. The molecule has 3 nitrogen and oxygen atoms in total. The summed E-state index contributed by atoms with van der Waals surface area (Å²) in [5.74, 6) is 2.71. The van der Waals surface area contributed by atoms with Gasteiger partial charge in [-0.3, -0.25) is 0 Å². The maximum Gasteiger partial charge on any atom is 0.133 e. The van der Waals surface area contributed by atoms with Crippen molar-refractivity contribution < 1.29 is 0 Å². The summed E-state index contributed by atoms with van der Waals surface area (Å²) in [6.45, 7) is 7.77. The Morgan fingerprint density at radius 3 is 2.94 bits per heavy atom. The van der Waals surface area contributed by atoms with E-state index >= 15 is 0 Å². The van der Waals surface area contributed by atoms with Crippen molar-refractivity contribution in [2.75, 3.05) is 25.0 Å². The van der Waals surface area contributed by atoms with Crippen LogP contribution in [0.5, 0.6) is 0 Å². The van der Waals surface area contributed by atoms with E-state index in [0.717, 1.165) is 41.8 Å².